The third kappa shape index (κ3) is 2.55. The molecule has 1 aromatic rings. The van der Waals surface area contributed by atoms with Crippen LogP contribution in [0, 0.1) is 0 Å². The van der Waals surface area contributed by atoms with Gasteiger partial charge in [-0.2, -0.15) is 0 Å². The van der Waals surface area contributed by atoms with E-state index in [4.69, 9.17) is 0 Å². The molecule has 1 saturated carbocycles. The molecule has 1 aliphatic heterocycles. The Morgan fingerprint density at radius 2 is 2.05 bits per heavy atom. The van der Waals surface area contributed by atoms with Crippen LogP contribution in [0.15, 0.2) is 24.3 Å². The number of carbonyl (C=O) groups is 2. The first-order valence-corrected chi connectivity index (χ1v) is 7.37. The minimum absolute atomic E-state index is 0.0439. The maximum atomic E-state index is 12.4. The Hall–Kier alpha value is -1.84. The van der Waals surface area contributed by atoms with E-state index in [1.165, 1.54) is 0 Å². The van der Waals surface area contributed by atoms with E-state index in [1.54, 1.807) is 4.90 Å². The van der Waals surface area contributed by atoms with E-state index in [2.05, 4.69) is 5.32 Å². The molecule has 2 aliphatic rings. The first kappa shape index (κ1) is 13.2. The summed E-state index contributed by atoms with van der Waals surface area (Å²) in [6.45, 7) is 1.82. The van der Waals surface area contributed by atoms with Gasteiger partial charge in [-0.05, 0) is 44.2 Å². The Bertz CT molecular complexity index is 537. The van der Waals surface area contributed by atoms with E-state index in [9.17, 15) is 9.59 Å². The van der Waals surface area contributed by atoms with Gasteiger partial charge in [0, 0.05) is 18.2 Å². The number of aryl methyl sites for hydroxylation is 1. The van der Waals surface area contributed by atoms with Crippen molar-refractivity contribution in [2.75, 3.05) is 4.90 Å². The van der Waals surface area contributed by atoms with Gasteiger partial charge < -0.3 is 5.32 Å². The Balaban J connectivity index is 1.88. The van der Waals surface area contributed by atoms with Crippen molar-refractivity contribution in [2.45, 2.75) is 51.1 Å². The van der Waals surface area contributed by atoms with Gasteiger partial charge in [0.1, 0.15) is 6.04 Å². The minimum atomic E-state index is -0.442. The van der Waals surface area contributed by atoms with E-state index in [0.29, 0.717) is 12.5 Å². The fraction of sp³-hybridized carbons (Fsp3) is 0.500. The number of hydrogen-bond acceptors (Lipinski definition) is 2. The van der Waals surface area contributed by atoms with Crippen molar-refractivity contribution in [1.29, 1.82) is 0 Å². The van der Waals surface area contributed by atoms with Crippen molar-refractivity contribution < 1.29 is 9.59 Å². The van der Waals surface area contributed by atoms with Crippen molar-refractivity contribution in [2.24, 2.45) is 0 Å². The van der Waals surface area contributed by atoms with Crippen molar-refractivity contribution in [3.8, 4) is 0 Å². The maximum Gasteiger partial charge on any atom is 0.243 e. The SMILES string of the molecule is C[C@@H](C(=O)NC1CC1)N1C(=O)CCCc2ccccc21. The summed E-state index contributed by atoms with van der Waals surface area (Å²) in [5, 5.41) is 2.99. The van der Waals surface area contributed by atoms with Gasteiger partial charge in [0.05, 0.1) is 0 Å². The highest BCUT2D eigenvalue weighted by Gasteiger charge is 2.33. The van der Waals surface area contributed by atoms with Gasteiger partial charge >= 0.3 is 0 Å². The zero-order valence-corrected chi connectivity index (χ0v) is 11.8. The smallest absolute Gasteiger partial charge is 0.243 e. The summed E-state index contributed by atoms with van der Waals surface area (Å²) in [7, 11) is 0. The van der Waals surface area contributed by atoms with E-state index in [1.807, 2.05) is 31.2 Å². The number of fused-ring (bicyclic) bond motifs is 1. The lowest BCUT2D eigenvalue weighted by molar-refractivity contribution is -0.126. The van der Waals surface area contributed by atoms with Crippen LogP contribution in [0.4, 0.5) is 5.69 Å². The fourth-order valence-electron chi connectivity index (χ4n) is 2.73. The fourth-order valence-corrected chi connectivity index (χ4v) is 2.73. The standard InChI is InChI=1S/C16H20N2O2/c1-11(16(20)17-13-9-10-13)18-14-7-3-2-5-12(14)6-4-8-15(18)19/h2-3,5,7,11,13H,4,6,8-10H2,1H3,(H,17,20)/t11-/m0/s1. The highest BCUT2D eigenvalue weighted by Crippen LogP contribution is 2.29. The number of nitrogens with one attached hydrogen (secondary N) is 1. The predicted molar refractivity (Wildman–Crippen MR) is 77.5 cm³/mol. The molecule has 4 heteroatoms. The molecule has 1 N–H and O–H groups in total. The molecule has 0 unspecified atom stereocenters. The summed E-state index contributed by atoms with van der Waals surface area (Å²) in [6, 6.07) is 7.79. The zero-order chi connectivity index (χ0) is 14.1. The normalized spacial score (nSPS) is 20.1. The number of carbonyl (C=O) groups excluding carboxylic acids is 2. The Kier molecular flexibility index (Phi) is 3.47. The molecule has 0 aromatic heterocycles. The Morgan fingerprint density at radius 3 is 2.80 bits per heavy atom. The summed E-state index contributed by atoms with van der Waals surface area (Å²) in [5.41, 5.74) is 2.05. The Morgan fingerprint density at radius 1 is 1.30 bits per heavy atom. The molecule has 1 aliphatic carbocycles. The van der Waals surface area contributed by atoms with Gasteiger partial charge in [0.15, 0.2) is 0 Å². The molecule has 0 radical (unpaired) electrons. The first-order chi connectivity index (χ1) is 9.66. The van der Waals surface area contributed by atoms with Gasteiger partial charge in [0.25, 0.3) is 0 Å². The Labute approximate surface area is 119 Å². The van der Waals surface area contributed by atoms with Crippen molar-refractivity contribution in [1.82, 2.24) is 5.32 Å². The average Bonchev–Trinajstić information content (AvgIpc) is 3.25. The zero-order valence-electron chi connectivity index (χ0n) is 11.8. The second-order valence-electron chi connectivity index (χ2n) is 5.70. The van der Waals surface area contributed by atoms with Gasteiger partial charge in [-0.1, -0.05) is 18.2 Å². The third-order valence-corrected chi connectivity index (χ3v) is 4.05. The largest absolute Gasteiger partial charge is 0.352 e. The maximum absolute atomic E-state index is 12.4. The van der Waals surface area contributed by atoms with Crippen LogP contribution in [0.2, 0.25) is 0 Å². The number of anilines is 1. The van der Waals surface area contributed by atoms with Gasteiger partial charge in [-0.25, -0.2) is 0 Å². The van der Waals surface area contributed by atoms with E-state index in [-0.39, 0.29) is 11.8 Å². The number of rotatable bonds is 3. The average molecular weight is 272 g/mol. The van der Waals surface area contributed by atoms with Gasteiger partial charge in [-0.15, -0.1) is 0 Å². The predicted octanol–water partition coefficient (Wildman–Crippen LogP) is 2.02. The van der Waals surface area contributed by atoms with Crippen LogP contribution >= 0.6 is 0 Å². The molecular formula is C16H20N2O2. The molecule has 0 bridgehead atoms. The van der Waals surface area contributed by atoms with Gasteiger partial charge in [-0.3, -0.25) is 14.5 Å². The highest BCUT2D eigenvalue weighted by atomic mass is 16.2. The molecule has 0 saturated heterocycles. The molecule has 4 nitrogen and oxygen atoms in total. The van der Waals surface area contributed by atoms with E-state index >= 15 is 0 Å². The molecular weight excluding hydrogens is 252 g/mol. The monoisotopic (exact) mass is 272 g/mol. The quantitative estimate of drug-likeness (QED) is 0.915. The summed E-state index contributed by atoms with van der Waals surface area (Å²) < 4.78 is 0. The lowest BCUT2D eigenvalue weighted by atomic mass is 10.1. The van der Waals surface area contributed by atoms with Crippen LogP contribution in [0.3, 0.4) is 0 Å². The van der Waals surface area contributed by atoms with Crippen molar-refractivity contribution >= 4 is 17.5 Å². The second-order valence-corrected chi connectivity index (χ2v) is 5.70. The van der Waals surface area contributed by atoms with Gasteiger partial charge in [0.2, 0.25) is 11.8 Å². The minimum Gasteiger partial charge on any atom is -0.352 e. The number of amides is 2. The van der Waals surface area contributed by atoms with Crippen LogP contribution in [0.5, 0.6) is 0 Å². The first-order valence-electron chi connectivity index (χ1n) is 7.37. The van der Waals surface area contributed by atoms with E-state index < -0.39 is 6.04 Å². The van der Waals surface area contributed by atoms with Crippen LogP contribution in [0.25, 0.3) is 0 Å². The topological polar surface area (TPSA) is 49.4 Å². The number of para-hydroxylation sites is 1. The van der Waals surface area contributed by atoms with Crippen LogP contribution in [-0.2, 0) is 16.0 Å². The summed E-state index contributed by atoms with van der Waals surface area (Å²) >= 11 is 0. The number of benzene rings is 1. The molecule has 106 valence electrons. The summed E-state index contributed by atoms with van der Waals surface area (Å²) in [4.78, 5) is 26.3. The van der Waals surface area contributed by atoms with Crippen molar-refractivity contribution in [3.05, 3.63) is 29.8 Å². The molecule has 1 aromatic carbocycles. The van der Waals surface area contributed by atoms with Crippen molar-refractivity contribution in [3.63, 3.8) is 0 Å². The van der Waals surface area contributed by atoms with Crippen LogP contribution in [-0.4, -0.2) is 23.9 Å². The molecule has 3 rings (SSSR count). The third-order valence-electron chi connectivity index (χ3n) is 4.05. The molecule has 20 heavy (non-hydrogen) atoms. The second kappa shape index (κ2) is 5.27. The number of hydrogen-bond donors (Lipinski definition) is 1. The molecule has 2 amide bonds. The number of nitrogens with zero attached hydrogens (tertiary/aromatic N) is 1. The lowest BCUT2D eigenvalue weighted by Crippen LogP contribution is -2.48. The van der Waals surface area contributed by atoms with Crippen LogP contribution < -0.4 is 10.2 Å². The van der Waals surface area contributed by atoms with E-state index in [0.717, 1.165) is 36.9 Å². The summed E-state index contributed by atoms with van der Waals surface area (Å²) in [5.74, 6) is 0.00551. The summed E-state index contributed by atoms with van der Waals surface area (Å²) in [6.07, 6.45) is 4.38. The molecule has 1 heterocycles. The lowest BCUT2D eigenvalue weighted by Gasteiger charge is -2.28. The highest BCUT2D eigenvalue weighted by molar-refractivity contribution is 6.01. The molecule has 1 atom stereocenters. The molecule has 0 spiro atoms. The molecule has 1 fully saturated rings. The van der Waals surface area contributed by atoms with Crippen LogP contribution in [0.1, 0.15) is 38.2 Å².